The first-order chi connectivity index (χ1) is 4.68. The number of nitrogens with two attached hydrogens (primary N) is 1. The predicted molar refractivity (Wildman–Crippen MR) is 36.5 cm³/mol. The second-order valence-corrected chi connectivity index (χ2v) is 2.01. The molecule has 0 spiro atoms. The molecule has 0 radical (unpaired) electrons. The van der Waals surface area contributed by atoms with Gasteiger partial charge in [0.25, 0.3) is 0 Å². The molecule has 0 aromatic carbocycles. The standard InChI is InChI=1S/C6H8N2O2/c7-5-2-1-4(8-5)3-6(9)10/h1-2,8H,3,7H2,(H,9,10). The quantitative estimate of drug-likeness (QED) is 0.550. The van der Waals surface area contributed by atoms with Gasteiger partial charge in [0, 0.05) is 5.69 Å². The number of nitrogen functional groups attached to an aromatic ring is 1. The lowest BCUT2D eigenvalue weighted by atomic mass is 10.3. The molecule has 1 aromatic heterocycles. The minimum atomic E-state index is -0.859. The van der Waals surface area contributed by atoms with Crippen molar-refractivity contribution in [1.29, 1.82) is 0 Å². The summed E-state index contributed by atoms with van der Waals surface area (Å²) in [5.74, 6) is -0.363. The maximum atomic E-state index is 10.1. The summed E-state index contributed by atoms with van der Waals surface area (Å²) in [6.45, 7) is 0. The van der Waals surface area contributed by atoms with Crippen LogP contribution in [0.25, 0.3) is 0 Å². The number of rotatable bonds is 2. The number of carboxylic acids is 1. The van der Waals surface area contributed by atoms with E-state index in [2.05, 4.69) is 4.98 Å². The Morgan fingerprint density at radius 3 is 2.80 bits per heavy atom. The number of aromatic amines is 1. The van der Waals surface area contributed by atoms with Crippen molar-refractivity contribution >= 4 is 11.8 Å². The van der Waals surface area contributed by atoms with Gasteiger partial charge in [0.05, 0.1) is 6.42 Å². The number of hydrogen-bond acceptors (Lipinski definition) is 2. The highest BCUT2D eigenvalue weighted by Gasteiger charge is 2.00. The SMILES string of the molecule is Nc1ccc(CC(=O)O)[nH]1. The molecule has 0 atom stereocenters. The summed E-state index contributed by atoms with van der Waals surface area (Å²) < 4.78 is 0. The van der Waals surface area contributed by atoms with Crippen molar-refractivity contribution in [2.45, 2.75) is 6.42 Å². The Bertz CT molecular complexity index is 242. The van der Waals surface area contributed by atoms with Gasteiger partial charge in [0.15, 0.2) is 0 Å². The zero-order valence-electron chi connectivity index (χ0n) is 5.29. The number of nitrogens with one attached hydrogen (secondary N) is 1. The lowest BCUT2D eigenvalue weighted by Gasteiger charge is -1.88. The van der Waals surface area contributed by atoms with E-state index in [0.29, 0.717) is 11.5 Å². The molecular weight excluding hydrogens is 132 g/mol. The van der Waals surface area contributed by atoms with Crippen LogP contribution in [0.2, 0.25) is 0 Å². The Hall–Kier alpha value is -1.45. The largest absolute Gasteiger partial charge is 0.481 e. The molecule has 0 saturated carbocycles. The van der Waals surface area contributed by atoms with Crippen LogP contribution in [0.1, 0.15) is 5.69 Å². The highest BCUT2D eigenvalue weighted by Crippen LogP contribution is 2.02. The highest BCUT2D eigenvalue weighted by molar-refractivity contribution is 5.69. The first-order valence-electron chi connectivity index (χ1n) is 2.83. The van der Waals surface area contributed by atoms with E-state index < -0.39 is 5.97 Å². The van der Waals surface area contributed by atoms with Crippen molar-refractivity contribution in [2.24, 2.45) is 0 Å². The number of aromatic nitrogens is 1. The lowest BCUT2D eigenvalue weighted by Crippen LogP contribution is -2.00. The third kappa shape index (κ3) is 1.51. The van der Waals surface area contributed by atoms with Gasteiger partial charge in [-0.05, 0) is 12.1 Å². The molecule has 4 heteroatoms. The van der Waals surface area contributed by atoms with Crippen molar-refractivity contribution in [3.63, 3.8) is 0 Å². The molecular formula is C6H8N2O2. The second-order valence-electron chi connectivity index (χ2n) is 2.01. The molecule has 0 aliphatic rings. The molecule has 0 amide bonds. The van der Waals surface area contributed by atoms with E-state index >= 15 is 0 Å². The maximum absolute atomic E-state index is 10.1. The topological polar surface area (TPSA) is 79.1 Å². The van der Waals surface area contributed by atoms with Crippen LogP contribution >= 0.6 is 0 Å². The first kappa shape index (κ1) is 6.67. The minimum Gasteiger partial charge on any atom is -0.481 e. The Morgan fingerprint density at radius 2 is 2.40 bits per heavy atom. The van der Waals surface area contributed by atoms with Crippen molar-refractivity contribution in [2.75, 3.05) is 5.73 Å². The summed E-state index contributed by atoms with van der Waals surface area (Å²) in [5.41, 5.74) is 5.94. The van der Waals surface area contributed by atoms with Gasteiger partial charge in [-0.15, -0.1) is 0 Å². The Kier molecular flexibility index (Phi) is 1.62. The zero-order chi connectivity index (χ0) is 7.56. The van der Waals surface area contributed by atoms with Gasteiger partial charge in [0.1, 0.15) is 5.82 Å². The fourth-order valence-electron chi connectivity index (χ4n) is 0.725. The minimum absolute atomic E-state index is 0.00278. The average molecular weight is 140 g/mol. The lowest BCUT2D eigenvalue weighted by molar-refractivity contribution is -0.136. The summed E-state index contributed by atoms with van der Waals surface area (Å²) in [7, 11) is 0. The summed E-state index contributed by atoms with van der Waals surface area (Å²) in [5, 5.41) is 8.32. The van der Waals surface area contributed by atoms with Gasteiger partial charge < -0.3 is 15.8 Å². The monoisotopic (exact) mass is 140 g/mol. The molecule has 4 nitrogen and oxygen atoms in total. The number of H-pyrrole nitrogens is 1. The molecule has 1 heterocycles. The molecule has 0 aliphatic carbocycles. The van der Waals surface area contributed by atoms with Gasteiger partial charge in [-0.2, -0.15) is 0 Å². The number of hydrogen-bond donors (Lipinski definition) is 3. The summed E-state index contributed by atoms with van der Waals surface area (Å²) in [4.78, 5) is 12.8. The average Bonchev–Trinajstić information content (AvgIpc) is 2.13. The number of carbonyl (C=O) groups is 1. The van der Waals surface area contributed by atoms with Crippen LogP contribution in [-0.4, -0.2) is 16.1 Å². The van der Waals surface area contributed by atoms with Crippen LogP contribution in [0.4, 0.5) is 5.82 Å². The van der Waals surface area contributed by atoms with Gasteiger partial charge in [0.2, 0.25) is 0 Å². The highest BCUT2D eigenvalue weighted by atomic mass is 16.4. The summed E-state index contributed by atoms with van der Waals surface area (Å²) in [6, 6.07) is 3.29. The van der Waals surface area contributed by atoms with E-state index in [1.807, 2.05) is 0 Å². The second kappa shape index (κ2) is 2.43. The van der Waals surface area contributed by atoms with Crippen LogP contribution in [0.15, 0.2) is 12.1 Å². The molecule has 10 heavy (non-hydrogen) atoms. The molecule has 54 valence electrons. The van der Waals surface area contributed by atoms with Gasteiger partial charge in [-0.3, -0.25) is 4.79 Å². The van der Waals surface area contributed by atoms with Crippen molar-refractivity contribution in [1.82, 2.24) is 4.98 Å². The zero-order valence-corrected chi connectivity index (χ0v) is 5.29. The van der Waals surface area contributed by atoms with E-state index in [1.165, 1.54) is 0 Å². The predicted octanol–water partition coefficient (Wildman–Crippen LogP) is 0.224. The van der Waals surface area contributed by atoms with E-state index in [1.54, 1.807) is 12.1 Å². The van der Waals surface area contributed by atoms with Crippen molar-refractivity contribution in [3.8, 4) is 0 Å². The number of anilines is 1. The van der Waals surface area contributed by atoms with Crippen LogP contribution in [-0.2, 0) is 11.2 Å². The van der Waals surface area contributed by atoms with Crippen molar-refractivity contribution < 1.29 is 9.90 Å². The first-order valence-corrected chi connectivity index (χ1v) is 2.83. The third-order valence-corrected chi connectivity index (χ3v) is 1.11. The van der Waals surface area contributed by atoms with Crippen LogP contribution in [0.3, 0.4) is 0 Å². The number of aliphatic carboxylic acids is 1. The Labute approximate surface area is 57.7 Å². The fourth-order valence-corrected chi connectivity index (χ4v) is 0.725. The Balaban J connectivity index is 2.67. The van der Waals surface area contributed by atoms with Crippen LogP contribution in [0.5, 0.6) is 0 Å². The summed E-state index contributed by atoms with van der Waals surface area (Å²) in [6.07, 6.45) is -0.00278. The fraction of sp³-hybridized carbons (Fsp3) is 0.167. The Morgan fingerprint density at radius 1 is 1.70 bits per heavy atom. The summed E-state index contributed by atoms with van der Waals surface area (Å²) >= 11 is 0. The van der Waals surface area contributed by atoms with E-state index in [0.717, 1.165) is 0 Å². The van der Waals surface area contributed by atoms with Gasteiger partial charge >= 0.3 is 5.97 Å². The maximum Gasteiger partial charge on any atom is 0.309 e. The van der Waals surface area contributed by atoms with Crippen molar-refractivity contribution in [3.05, 3.63) is 17.8 Å². The van der Waals surface area contributed by atoms with Crippen LogP contribution in [0, 0.1) is 0 Å². The molecule has 0 fully saturated rings. The molecule has 0 bridgehead atoms. The van der Waals surface area contributed by atoms with Crippen LogP contribution < -0.4 is 5.73 Å². The molecule has 0 aliphatic heterocycles. The van der Waals surface area contributed by atoms with E-state index in [4.69, 9.17) is 10.8 Å². The van der Waals surface area contributed by atoms with Gasteiger partial charge in [-0.25, -0.2) is 0 Å². The smallest absolute Gasteiger partial charge is 0.309 e. The van der Waals surface area contributed by atoms with Gasteiger partial charge in [-0.1, -0.05) is 0 Å². The number of carboxylic acid groups (broad SMARTS) is 1. The van der Waals surface area contributed by atoms with E-state index in [9.17, 15) is 4.79 Å². The third-order valence-electron chi connectivity index (χ3n) is 1.11. The molecule has 0 saturated heterocycles. The molecule has 4 N–H and O–H groups in total. The normalized spacial score (nSPS) is 9.60. The molecule has 1 rings (SSSR count). The molecule has 1 aromatic rings. The molecule has 0 unspecified atom stereocenters. The van der Waals surface area contributed by atoms with E-state index in [-0.39, 0.29) is 6.42 Å².